The van der Waals surface area contributed by atoms with Crippen LogP contribution in [-0.4, -0.2) is 25.0 Å². The van der Waals surface area contributed by atoms with Gasteiger partial charge in [-0.05, 0) is 25.1 Å². The van der Waals surface area contributed by atoms with Gasteiger partial charge in [-0.1, -0.05) is 0 Å². The van der Waals surface area contributed by atoms with Gasteiger partial charge < -0.3 is 9.13 Å². The largest absolute Gasteiger partial charge is 0.335 e. The molecule has 0 saturated carbocycles. The zero-order valence-corrected chi connectivity index (χ0v) is 12.5. The molecule has 0 saturated heterocycles. The maximum absolute atomic E-state index is 13.6. The second-order valence-corrected chi connectivity index (χ2v) is 5.46. The van der Waals surface area contributed by atoms with E-state index in [1.165, 1.54) is 12.1 Å². The van der Waals surface area contributed by atoms with E-state index >= 15 is 0 Å². The SMILES string of the molecule is CC(Cn1ccnc1)n1c(CCCl)nc2ccc(F)cc21. The molecule has 0 fully saturated rings. The van der Waals surface area contributed by atoms with E-state index in [1.54, 1.807) is 18.6 Å². The third kappa shape index (κ3) is 2.78. The van der Waals surface area contributed by atoms with Crippen molar-refractivity contribution in [2.75, 3.05) is 5.88 Å². The fourth-order valence-electron chi connectivity index (χ4n) is 2.65. The lowest BCUT2D eigenvalue weighted by atomic mass is 10.2. The van der Waals surface area contributed by atoms with Gasteiger partial charge in [0.25, 0.3) is 0 Å². The zero-order chi connectivity index (χ0) is 14.8. The van der Waals surface area contributed by atoms with Crippen LogP contribution in [0.25, 0.3) is 11.0 Å². The molecule has 3 aromatic rings. The summed E-state index contributed by atoms with van der Waals surface area (Å²) in [6.07, 6.45) is 6.10. The predicted octanol–water partition coefficient (Wildman–Crippen LogP) is 3.41. The molecular formula is C15H16ClFN4. The van der Waals surface area contributed by atoms with Crippen molar-refractivity contribution < 1.29 is 4.39 Å². The third-order valence-electron chi connectivity index (χ3n) is 3.52. The maximum atomic E-state index is 13.6. The van der Waals surface area contributed by atoms with E-state index in [0.29, 0.717) is 12.3 Å². The minimum Gasteiger partial charge on any atom is -0.335 e. The average molecular weight is 307 g/mol. The lowest BCUT2D eigenvalue weighted by Gasteiger charge is -2.18. The molecule has 1 atom stereocenters. The molecule has 0 aliphatic heterocycles. The van der Waals surface area contributed by atoms with Crippen LogP contribution in [0.15, 0.2) is 36.9 Å². The predicted molar refractivity (Wildman–Crippen MR) is 81.1 cm³/mol. The quantitative estimate of drug-likeness (QED) is 0.677. The Morgan fingerprint density at radius 3 is 2.95 bits per heavy atom. The van der Waals surface area contributed by atoms with E-state index in [4.69, 9.17) is 11.6 Å². The monoisotopic (exact) mass is 306 g/mol. The van der Waals surface area contributed by atoms with Crippen LogP contribution in [0.4, 0.5) is 4.39 Å². The second kappa shape index (κ2) is 5.85. The van der Waals surface area contributed by atoms with Crippen LogP contribution in [0, 0.1) is 5.82 Å². The van der Waals surface area contributed by atoms with Crippen molar-refractivity contribution in [2.45, 2.75) is 25.9 Å². The number of imidazole rings is 2. The van der Waals surface area contributed by atoms with Gasteiger partial charge in [-0.25, -0.2) is 14.4 Å². The minimum absolute atomic E-state index is 0.129. The number of benzene rings is 1. The highest BCUT2D eigenvalue weighted by Crippen LogP contribution is 2.23. The van der Waals surface area contributed by atoms with Crippen LogP contribution in [-0.2, 0) is 13.0 Å². The number of halogens is 2. The molecule has 1 unspecified atom stereocenters. The van der Waals surface area contributed by atoms with E-state index in [0.717, 1.165) is 23.4 Å². The second-order valence-electron chi connectivity index (χ2n) is 5.08. The van der Waals surface area contributed by atoms with Crippen molar-refractivity contribution >= 4 is 22.6 Å². The Hall–Kier alpha value is -1.88. The molecule has 0 amide bonds. The van der Waals surface area contributed by atoms with E-state index in [-0.39, 0.29) is 11.9 Å². The molecular weight excluding hydrogens is 291 g/mol. The maximum Gasteiger partial charge on any atom is 0.125 e. The number of rotatable bonds is 5. The Kier molecular flexibility index (Phi) is 3.92. The standard InChI is InChI=1S/C15H16ClFN4/c1-11(9-20-7-6-18-10-20)21-14-8-12(17)2-3-13(14)19-15(21)4-5-16/h2-3,6-8,10-11H,4-5,9H2,1H3. The summed E-state index contributed by atoms with van der Waals surface area (Å²) in [6, 6.07) is 4.81. The number of fused-ring (bicyclic) bond motifs is 1. The van der Waals surface area contributed by atoms with Crippen molar-refractivity contribution in [3.8, 4) is 0 Å². The highest BCUT2D eigenvalue weighted by atomic mass is 35.5. The fourth-order valence-corrected chi connectivity index (χ4v) is 2.82. The summed E-state index contributed by atoms with van der Waals surface area (Å²) in [5, 5.41) is 0. The number of hydrogen-bond donors (Lipinski definition) is 0. The molecule has 2 aromatic heterocycles. The van der Waals surface area contributed by atoms with Crippen LogP contribution < -0.4 is 0 Å². The summed E-state index contributed by atoms with van der Waals surface area (Å²) in [4.78, 5) is 8.63. The summed E-state index contributed by atoms with van der Waals surface area (Å²) < 4.78 is 17.6. The number of aromatic nitrogens is 4. The summed E-state index contributed by atoms with van der Waals surface area (Å²) in [6.45, 7) is 2.83. The molecule has 1 aromatic carbocycles. The summed E-state index contributed by atoms with van der Waals surface area (Å²) >= 11 is 5.87. The smallest absolute Gasteiger partial charge is 0.125 e. The molecule has 6 heteroatoms. The Bertz CT molecular complexity index is 736. The molecule has 0 spiro atoms. The first-order valence-electron chi connectivity index (χ1n) is 6.87. The van der Waals surface area contributed by atoms with Gasteiger partial charge in [0.05, 0.1) is 23.4 Å². The molecule has 3 rings (SSSR count). The molecule has 0 aliphatic carbocycles. The first-order valence-corrected chi connectivity index (χ1v) is 7.40. The van der Waals surface area contributed by atoms with Crippen LogP contribution >= 0.6 is 11.6 Å². The highest BCUT2D eigenvalue weighted by Gasteiger charge is 2.16. The Balaban J connectivity index is 2.05. The molecule has 110 valence electrons. The van der Waals surface area contributed by atoms with Gasteiger partial charge in [0.1, 0.15) is 11.6 Å². The number of aryl methyl sites for hydroxylation is 1. The average Bonchev–Trinajstić information content (AvgIpc) is 3.06. The first kappa shape index (κ1) is 14.1. The van der Waals surface area contributed by atoms with Gasteiger partial charge >= 0.3 is 0 Å². The molecule has 0 N–H and O–H groups in total. The molecule has 0 bridgehead atoms. The molecule has 0 aliphatic rings. The minimum atomic E-state index is -0.254. The molecule has 4 nitrogen and oxygen atoms in total. The van der Waals surface area contributed by atoms with E-state index in [2.05, 4.69) is 21.5 Å². The Morgan fingerprint density at radius 1 is 1.38 bits per heavy atom. The third-order valence-corrected chi connectivity index (χ3v) is 3.71. The lowest BCUT2D eigenvalue weighted by Crippen LogP contribution is -2.15. The Morgan fingerprint density at radius 2 is 2.24 bits per heavy atom. The Labute approximate surface area is 127 Å². The highest BCUT2D eigenvalue weighted by molar-refractivity contribution is 6.17. The molecule has 0 radical (unpaired) electrons. The fraction of sp³-hybridized carbons (Fsp3) is 0.333. The molecule has 21 heavy (non-hydrogen) atoms. The first-order chi connectivity index (χ1) is 10.2. The van der Waals surface area contributed by atoms with Crippen LogP contribution in [0.3, 0.4) is 0 Å². The number of hydrogen-bond acceptors (Lipinski definition) is 2. The normalized spacial score (nSPS) is 12.9. The van der Waals surface area contributed by atoms with E-state index in [1.807, 2.05) is 10.8 Å². The molecule has 2 heterocycles. The number of nitrogens with zero attached hydrogens (tertiary/aromatic N) is 4. The van der Waals surface area contributed by atoms with Crippen LogP contribution in [0.1, 0.15) is 18.8 Å². The van der Waals surface area contributed by atoms with Crippen molar-refractivity contribution in [1.29, 1.82) is 0 Å². The summed E-state index contributed by atoms with van der Waals surface area (Å²) in [5.41, 5.74) is 1.61. The van der Waals surface area contributed by atoms with Crippen LogP contribution in [0.5, 0.6) is 0 Å². The van der Waals surface area contributed by atoms with Crippen molar-refractivity contribution in [1.82, 2.24) is 19.1 Å². The zero-order valence-electron chi connectivity index (χ0n) is 11.7. The van der Waals surface area contributed by atoms with Gasteiger partial charge in [-0.15, -0.1) is 11.6 Å². The van der Waals surface area contributed by atoms with Gasteiger partial charge in [-0.2, -0.15) is 0 Å². The topological polar surface area (TPSA) is 35.6 Å². The summed E-state index contributed by atoms with van der Waals surface area (Å²) in [7, 11) is 0. The van der Waals surface area contributed by atoms with Gasteiger partial charge in [0.2, 0.25) is 0 Å². The van der Waals surface area contributed by atoms with Gasteiger partial charge in [0.15, 0.2) is 0 Å². The van der Waals surface area contributed by atoms with E-state index < -0.39 is 0 Å². The van der Waals surface area contributed by atoms with Crippen LogP contribution in [0.2, 0.25) is 0 Å². The van der Waals surface area contributed by atoms with E-state index in [9.17, 15) is 4.39 Å². The van der Waals surface area contributed by atoms with Crippen molar-refractivity contribution in [3.63, 3.8) is 0 Å². The van der Waals surface area contributed by atoms with Crippen molar-refractivity contribution in [3.05, 3.63) is 48.6 Å². The number of alkyl halides is 1. The summed E-state index contributed by atoms with van der Waals surface area (Å²) in [5.74, 6) is 1.12. The van der Waals surface area contributed by atoms with Gasteiger partial charge in [0, 0.05) is 31.2 Å². The van der Waals surface area contributed by atoms with Crippen molar-refractivity contribution in [2.24, 2.45) is 0 Å². The van der Waals surface area contributed by atoms with Gasteiger partial charge in [-0.3, -0.25) is 0 Å². The lowest BCUT2D eigenvalue weighted by molar-refractivity contribution is 0.461.